The molecule has 2 aliphatic heterocycles. The number of nitrogens with zero attached hydrogens (tertiary/aromatic N) is 2. The zero-order valence-corrected chi connectivity index (χ0v) is 19.8. The summed E-state index contributed by atoms with van der Waals surface area (Å²) < 4.78 is 11.8. The second kappa shape index (κ2) is 11.2. The van der Waals surface area contributed by atoms with E-state index >= 15 is 0 Å². The predicted molar refractivity (Wildman–Crippen MR) is 129 cm³/mol. The molecule has 0 aromatic heterocycles. The molecule has 31 heavy (non-hydrogen) atoms. The van der Waals surface area contributed by atoms with Crippen molar-refractivity contribution in [2.24, 2.45) is 0 Å². The molecule has 0 amide bonds. The summed E-state index contributed by atoms with van der Waals surface area (Å²) in [6.45, 7) is 7.34. The Balaban J connectivity index is 1.13. The largest absolute Gasteiger partial charge is 0.456 e. The van der Waals surface area contributed by atoms with Gasteiger partial charge in [-0.25, -0.2) is 0 Å². The molecule has 166 valence electrons. The van der Waals surface area contributed by atoms with Gasteiger partial charge in [0.25, 0.3) is 0 Å². The van der Waals surface area contributed by atoms with Crippen molar-refractivity contribution in [2.75, 3.05) is 38.5 Å². The molecule has 1 aromatic carbocycles. The van der Waals surface area contributed by atoms with E-state index in [2.05, 4.69) is 41.0 Å². The van der Waals surface area contributed by atoms with Crippen molar-refractivity contribution in [3.63, 3.8) is 0 Å². The number of unbranched alkanes of at least 4 members (excludes halogenated alkanes) is 1. The lowest BCUT2D eigenvalue weighted by molar-refractivity contribution is 0.0841. The van der Waals surface area contributed by atoms with Crippen molar-refractivity contribution in [1.82, 2.24) is 9.80 Å². The summed E-state index contributed by atoms with van der Waals surface area (Å²) in [5.41, 5.74) is 2.47. The maximum Gasteiger partial charge on any atom is 0.231 e. The summed E-state index contributed by atoms with van der Waals surface area (Å²) >= 11 is 8.20. The highest BCUT2D eigenvalue weighted by molar-refractivity contribution is 7.99. The van der Waals surface area contributed by atoms with Crippen LogP contribution in [-0.2, 0) is 9.47 Å². The molecule has 0 saturated carbocycles. The second-order valence-corrected chi connectivity index (χ2v) is 9.62. The fourth-order valence-electron chi connectivity index (χ4n) is 3.99. The molecule has 0 atom stereocenters. The van der Waals surface area contributed by atoms with E-state index in [9.17, 15) is 0 Å². The van der Waals surface area contributed by atoms with Crippen molar-refractivity contribution >= 4 is 23.4 Å². The summed E-state index contributed by atoms with van der Waals surface area (Å²) in [5.74, 6) is 2.77. The van der Waals surface area contributed by atoms with Gasteiger partial charge in [-0.2, -0.15) is 0 Å². The van der Waals surface area contributed by atoms with Gasteiger partial charge in [0.05, 0.1) is 5.02 Å². The third-order valence-corrected chi connectivity index (χ3v) is 7.62. The molecular formula is C25H31ClN2O2S. The number of hydrogen-bond acceptors (Lipinski definition) is 5. The van der Waals surface area contributed by atoms with Crippen molar-refractivity contribution in [3.8, 4) is 0 Å². The van der Waals surface area contributed by atoms with E-state index in [0.29, 0.717) is 0 Å². The highest BCUT2D eigenvalue weighted by Crippen LogP contribution is 2.31. The highest BCUT2D eigenvalue weighted by atomic mass is 35.5. The zero-order valence-electron chi connectivity index (χ0n) is 18.2. The fraction of sp³-hybridized carbons (Fsp3) is 0.440. The van der Waals surface area contributed by atoms with Crippen LogP contribution in [-0.4, -0.2) is 48.3 Å². The molecule has 0 N–H and O–H groups in total. The van der Waals surface area contributed by atoms with Crippen LogP contribution in [0.25, 0.3) is 0 Å². The van der Waals surface area contributed by atoms with E-state index in [0.717, 1.165) is 68.0 Å². The standard InChI is InChI=1S/C25H31ClN2O2S/c1-20-8-7-11-22(26)25(20)31-17-6-5-12-27-13-15-28(16-14-27)24-19-29-23(18-30-24)21-9-3-2-4-10-21/h2-3,7-9,11,18-19H,4-6,10,12-17H2,1H3. The first-order chi connectivity index (χ1) is 15.2. The first-order valence-corrected chi connectivity index (χ1v) is 12.5. The molecule has 2 heterocycles. The number of halogens is 1. The summed E-state index contributed by atoms with van der Waals surface area (Å²) in [6, 6.07) is 6.13. The molecule has 0 spiro atoms. The van der Waals surface area contributed by atoms with Crippen LogP contribution < -0.4 is 0 Å². The van der Waals surface area contributed by atoms with Crippen LogP contribution in [0.4, 0.5) is 0 Å². The maximum absolute atomic E-state index is 6.32. The Morgan fingerprint density at radius 2 is 1.94 bits per heavy atom. The van der Waals surface area contributed by atoms with Gasteiger partial charge in [-0.15, -0.1) is 11.8 Å². The Hall–Kier alpha value is -1.82. The van der Waals surface area contributed by atoms with Gasteiger partial charge in [-0.3, -0.25) is 4.90 Å². The maximum atomic E-state index is 6.32. The molecule has 6 heteroatoms. The minimum Gasteiger partial charge on any atom is -0.456 e. The Kier molecular flexibility index (Phi) is 8.06. The number of thioether (sulfide) groups is 1. The van der Waals surface area contributed by atoms with Gasteiger partial charge in [0.2, 0.25) is 5.88 Å². The molecule has 0 bridgehead atoms. The van der Waals surface area contributed by atoms with Gasteiger partial charge in [0.15, 0.2) is 12.0 Å². The van der Waals surface area contributed by atoms with E-state index < -0.39 is 0 Å². The third-order valence-electron chi connectivity index (χ3n) is 5.87. The van der Waals surface area contributed by atoms with Gasteiger partial charge in [0.1, 0.15) is 6.26 Å². The summed E-state index contributed by atoms with van der Waals surface area (Å²) in [5, 5.41) is 0.874. The average molecular weight is 459 g/mol. The van der Waals surface area contributed by atoms with Crippen LogP contribution in [0.3, 0.4) is 0 Å². The summed E-state index contributed by atoms with van der Waals surface area (Å²) in [6.07, 6.45) is 14.4. The quantitative estimate of drug-likeness (QED) is 0.346. The van der Waals surface area contributed by atoms with Gasteiger partial charge < -0.3 is 14.4 Å². The molecule has 4 rings (SSSR count). The van der Waals surface area contributed by atoms with Gasteiger partial charge >= 0.3 is 0 Å². The van der Waals surface area contributed by atoms with Crippen molar-refractivity contribution in [2.45, 2.75) is 37.5 Å². The van der Waals surface area contributed by atoms with Crippen molar-refractivity contribution in [1.29, 1.82) is 0 Å². The van der Waals surface area contributed by atoms with Crippen LogP contribution in [0, 0.1) is 6.92 Å². The van der Waals surface area contributed by atoms with Crippen LogP contribution >= 0.6 is 23.4 Å². The highest BCUT2D eigenvalue weighted by Gasteiger charge is 2.22. The number of ether oxygens (including phenoxy) is 2. The molecule has 1 aliphatic carbocycles. The minimum absolute atomic E-state index is 0.821. The molecular weight excluding hydrogens is 428 g/mol. The zero-order chi connectivity index (χ0) is 21.5. The number of hydrogen-bond donors (Lipinski definition) is 0. The minimum atomic E-state index is 0.821. The predicted octanol–water partition coefficient (Wildman–Crippen LogP) is 6.10. The number of benzene rings is 1. The topological polar surface area (TPSA) is 24.9 Å². The van der Waals surface area contributed by atoms with Crippen LogP contribution in [0.5, 0.6) is 0 Å². The van der Waals surface area contributed by atoms with Crippen molar-refractivity contribution < 1.29 is 9.47 Å². The van der Waals surface area contributed by atoms with Crippen molar-refractivity contribution in [3.05, 3.63) is 76.8 Å². The molecule has 0 radical (unpaired) electrons. The SMILES string of the molecule is Cc1cccc(Cl)c1SCCCCN1CCN(C2=COC(C3=CC=CCC3)=CO2)CC1. The first-order valence-electron chi connectivity index (χ1n) is 11.2. The number of rotatable bonds is 8. The smallest absolute Gasteiger partial charge is 0.231 e. The molecule has 1 aromatic rings. The monoisotopic (exact) mass is 458 g/mol. The Morgan fingerprint density at radius 3 is 2.65 bits per heavy atom. The van der Waals surface area contributed by atoms with E-state index in [1.54, 1.807) is 12.5 Å². The van der Waals surface area contributed by atoms with Gasteiger partial charge in [0, 0.05) is 31.1 Å². The molecule has 0 unspecified atom stereocenters. The third kappa shape index (κ3) is 6.12. The first kappa shape index (κ1) is 22.4. The Labute approximate surface area is 195 Å². The van der Waals surface area contributed by atoms with Crippen LogP contribution in [0.1, 0.15) is 31.2 Å². The Morgan fingerprint density at radius 1 is 1.06 bits per heavy atom. The lowest BCUT2D eigenvalue weighted by atomic mass is 10.0. The molecule has 3 aliphatic rings. The normalized spacial score (nSPS) is 19.3. The van der Waals surface area contributed by atoms with Gasteiger partial charge in [-0.1, -0.05) is 42.0 Å². The molecule has 1 fully saturated rings. The average Bonchev–Trinajstić information content (AvgIpc) is 2.82. The van der Waals surface area contributed by atoms with E-state index in [4.69, 9.17) is 21.1 Å². The van der Waals surface area contributed by atoms with Crippen LogP contribution in [0.2, 0.25) is 5.02 Å². The Bertz CT molecular complexity index is 865. The van der Waals surface area contributed by atoms with E-state index in [1.807, 2.05) is 23.9 Å². The lowest BCUT2D eigenvalue weighted by Crippen LogP contribution is -2.46. The summed E-state index contributed by atoms with van der Waals surface area (Å²) in [4.78, 5) is 6.05. The van der Waals surface area contributed by atoms with Crippen LogP contribution in [0.15, 0.2) is 71.1 Å². The second-order valence-electron chi connectivity index (χ2n) is 8.10. The molecule has 1 saturated heterocycles. The van der Waals surface area contributed by atoms with E-state index in [1.165, 1.54) is 28.9 Å². The molecule has 4 nitrogen and oxygen atoms in total. The van der Waals surface area contributed by atoms with E-state index in [-0.39, 0.29) is 0 Å². The number of aryl methyl sites for hydroxylation is 1. The lowest BCUT2D eigenvalue weighted by Gasteiger charge is -2.36. The number of piperazine rings is 1. The number of allylic oxidation sites excluding steroid dienone is 4. The van der Waals surface area contributed by atoms with Gasteiger partial charge in [-0.05, 0) is 62.1 Å². The fourth-order valence-corrected chi connectivity index (χ4v) is 5.43. The summed E-state index contributed by atoms with van der Waals surface area (Å²) in [7, 11) is 0.